The van der Waals surface area contributed by atoms with Gasteiger partial charge in [0.2, 0.25) is 0 Å². The number of rotatable bonds is 0. The van der Waals surface area contributed by atoms with Crippen molar-refractivity contribution in [1.29, 1.82) is 0 Å². The third-order valence-corrected chi connectivity index (χ3v) is 0. The van der Waals surface area contributed by atoms with Crippen molar-refractivity contribution in [2.45, 2.75) is 0 Å². The molecule has 0 amide bonds. The molecular weight excluding hydrogens is 238 g/mol. The third-order valence-electron chi connectivity index (χ3n) is 0. The van der Waals surface area contributed by atoms with Crippen LogP contribution in [0.15, 0.2) is 0 Å². The van der Waals surface area contributed by atoms with E-state index in [1.54, 1.807) is 0 Å². The molecule has 5 heavy (non-hydrogen) atoms. The molecule has 1 radical (unpaired) electrons. The summed E-state index contributed by atoms with van der Waals surface area (Å²) in [7, 11) is 0. The van der Waals surface area contributed by atoms with Gasteiger partial charge in [0.15, 0.2) is 0 Å². The Labute approximate surface area is 100.0 Å². The van der Waals surface area contributed by atoms with Crippen LogP contribution < -0.4 is 5.34 Å². The molecule has 0 aromatic carbocycles. The Kier molecular flexibility index (Phi) is 51.2. The maximum atomic E-state index is 8.12. The zero-order valence-corrected chi connectivity index (χ0v) is 4.12. The molecule has 0 saturated heterocycles. The zero-order valence-electron chi connectivity index (χ0n) is 1.69. The fourth-order valence-electron chi connectivity index (χ4n) is 0. The van der Waals surface area contributed by atoms with Gasteiger partial charge in [-0.3, -0.25) is 10.1 Å². The first kappa shape index (κ1) is 15.7. The summed E-state index contributed by atoms with van der Waals surface area (Å²) in [5.41, 5.74) is 0. The van der Waals surface area contributed by atoms with Crippen LogP contribution in [-0.4, -0.2) is 37.7 Å². The summed E-state index contributed by atoms with van der Waals surface area (Å²) in [6, 6.07) is 0. The molecule has 29 valence electrons. The molecule has 0 saturated carbocycles. The van der Waals surface area contributed by atoms with E-state index in [4.69, 9.17) is 10.1 Å². The van der Waals surface area contributed by atoms with E-state index < -0.39 is 0 Å². The van der Waals surface area contributed by atoms with Gasteiger partial charge in [-0.05, 0) is 0 Å². The van der Waals surface area contributed by atoms with Crippen molar-refractivity contribution < 1.29 is 54.7 Å². The standard InChI is InChI=1S/Ca.Eu.HNO2.2H/c;;2-1-3;;/h;;1H;;. The van der Waals surface area contributed by atoms with Gasteiger partial charge >= 0.3 is 37.7 Å². The maximum Gasteiger partial charge on any atom is 0 e. The van der Waals surface area contributed by atoms with Gasteiger partial charge in [0.25, 0.3) is 0 Å². The van der Waals surface area contributed by atoms with Gasteiger partial charge in [0.1, 0.15) is 0 Å². The monoisotopic (exact) mass is 242 g/mol. The smallest absolute Gasteiger partial charge is 0 e. The second-order valence-corrected chi connectivity index (χ2v) is 0.0833. The number of hydrogen-bond donors (Lipinski definition) is 1. The Morgan fingerprint density at radius 2 is 1.60 bits per heavy atom. The minimum atomic E-state index is 0. The second-order valence-electron chi connectivity index (χ2n) is 0.0833. The largest absolute Gasteiger partial charge is 0 e. The minimum absolute atomic E-state index is 0. The summed E-state index contributed by atoms with van der Waals surface area (Å²) in [4.78, 5) is 8.12. The van der Waals surface area contributed by atoms with E-state index in [1.165, 1.54) is 0 Å². The average Bonchev–Trinajstić information content (AvgIpc) is 0.918. The van der Waals surface area contributed by atoms with Crippen LogP contribution in [0, 0.1) is 59.5 Å². The molecule has 0 aliphatic carbocycles. The van der Waals surface area contributed by atoms with Crippen LogP contribution in [0.3, 0.4) is 0 Å². The van der Waals surface area contributed by atoms with E-state index in [-0.39, 0.29) is 92.5 Å². The van der Waals surface area contributed by atoms with Crippen molar-refractivity contribution in [2.75, 3.05) is 0 Å². The van der Waals surface area contributed by atoms with E-state index in [0.717, 1.165) is 0 Å². The molecule has 3 nitrogen and oxygen atoms in total. The maximum absolute atomic E-state index is 8.12. The minimum Gasteiger partial charge on any atom is 0 e. The van der Waals surface area contributed by atoms with Crippen LogP contribution in [0.1, 0.15) is 0 Å². The molecule has 0 atom stereocenters. The summed E-state index contributed by atoms with van der Waals surface area (Å²) in [5.74, 6) is 0. The third kappa shape index (κ3) is 22.3. The van der Waals surface area contributed by atoms with Crippen LogP contribution in [0.4, 0.5) is 0 Å². The molecule has 5 heteroatoms. The first-order valence-electron chi connectivity index (χ1n) is 0.408. The van der Waals surface area contributed by atoms with E-state index in [0.29, 0.717) is 0 Å². The number of nitrogens with one attached hydrogen (secondary N) is 1. The molecule has 0 aromatic heterocycles. The summed E-state index contributed by atoms with van der Waals surface area (Å²) in [6.45, 7) is 0. The van der Waals surface area contributed by atoms with Crippen molar-refractivity contribution in [3.05, 3.63) is 10.1 Å². The first-order chi connectivity index (χ1) is 1.41. The molecule has 0 spiro atoms. The Hall–Kier alpha value is 2.24. The molecule has 1 N–H and O–H groups in total. The molecule has 0 aliphatic rings. The summed E-state index contributed by atoms with van der Waals surface area (Å²) in [5, 5.41) is 8.38. The summed E-state index contributed by atoms with van der Waals surface area (Å²) < 4.78 is 0. The molecule has 0 aromatic rings. The van der Waals surface area contributed by atoms with E-state index in [1.807, 2.05) is 0 Å². The van der Waals surface area contributed by atoms with Crippen LogP contribution in [0.25, 0.3) is 0 Å². The van der Waals surface area contributed by atoms with Gasteiger partial charge in [-0.15, -0.1) is 0 Å². The van der Waals surface area contributed by atoms with Crippen molar-refractivity contribution in [3.8, 4) is 0 Å². The van der Waals surface area contributed by atoms with Gasteiger partial charge in [-0.25, -0.2) is 0 Å². The molecule has 0 unspecified atom stereocenters. The van der Waals surface area contributed by atoms with Crippen LogP contribution >= 0.6 is 0 Å². The van der Waals surface area contributed by atoms with Crippen LogP contribution in [-0.2, 0) is 0 Å². The molecule has 0 rings (SSSR count). The predicted octanol–water partition coefficient (Wildman–Crippen LogP) is -2.58. The molecule has 0 heterocycles. The summed E-state index contributed by atoms with van der Waals surface area (Å²) >= 11 is 0. The zero-order chi connectivity index (χ0) is 2.71. The van der Waals surface area contributed by atoms with Crippen molar-refractivity contribution in [2.24, 2.45) is 0 Å². The van der Waals surface area contributed by atoms with E-state index in [9.17, 15) is 0 Å². The topological polar surface area (TPSA) is 54.1 Å². The average molecular weight is 241 g/mol. The van der Waals surface area contributed by atoms with Crippen molar-refractivity contribution in [3.63, 3.8) is 0 Å². The first-order valence-corrected chi connectivity index (χ1v) is 0.408. The number of hydrogen-bond acceptors (Lipinski definition) is 2. The molecule has 0 fully saturated rings. The second kappa shape index (κ2) is 16.3. The Balaban J connectivity index is -0.0000000200. The molecule has 0 bridgehead atoms. The van der Waals surface area contributed by atoms with Gasteiger partial charge in [0, 0.05) is 54.7 Å². The van der Waals surface area contributed by atoms with E-state index >= 15 is 0 Å². The van der Waals surface area contributed by atoms with Gasteiger partial charge < -0.3 is 0 Å². The Morgan fingerprint density at radius 1 is 1.60 bits per heavy atom. The van der Waals surface area contributed by atoms with Gasteiger partial charge in [0.05, 0.1) is 0 Å². The SMILES string of the molecule is O=[NH+][O-].[CaH2].[Eu]. The quantitative estimate of drug-likeness (QED) is 0.287. The van der Waals surface area contributed by atoms with Crippen LogP contribution in [0.5, 0.6) is 0 Å². The fraction of sp³-hybridized carbons (Fsp3) is 0. The normalized spacial score (nSPS) is 2.40. The molecular formula is H3CaEuNO2. The fourth-order valence-corrected chi connectivity index (χ4v) is 0. The van der Waals surface area contributed by atoms with Gasteiger partial charge in [-0.1, -0.05) is 0 Å². The molecule has 0 aliphatic heterocycles. The Morgan fingerprint density at radius 3 is 1.60 bits per heavy atom. The summed E-state index contributed by atoms with van der Waals surface area (Å²) in [6.07, 6.45) is 0. The van der Waals surface area contributed by atoms with E-state index in [2.05, 4.69) is 0 Å². The van der Waals surface area contributed by atoms with Crippen molar-refractivity contribution in [1.82, 2.24) is 0 Å². The predicted molar refractivity (Wildman–Crippen MR) is 16.2 cm³/mol. The van der Waals surface area contributed by atoms with Crippen LogP contribution in [0.2, 0.25) is 0 Å². The Bertz CT molecular complexity index is 17.1. The van der Waals surface area contributed by atoms with Crippen molar-refractivity contribution >= 4 is 37.7 Å². The van der Waals surface area contributed by atoms with Gasteiger partial charge in [-0.2, -0.15) is 0 Å².